The molecule has 0 aliphatic carbocycles. The van der Waals surface area contributed by atoms with E-state index >= 15 is 0 Å². The zero-order valence-corrected chi connectivity index (χ0v) is 15.4. The molecule has 0 spiro atoms. The van der Waals surface area contributed by atoms with Crippen LogP contribution in [0.5, 0.6) is 0 Å². The van der Waals surface area contributed by atoms with Crippen LogP contribution in [0.25, 0.3) is 17.4 Å². The highest BCUT2D eigenvalue weighted by molar-refractivity contribution is 9.10. The summed E-state index contributed by atoms with van der Waals surface area (Å²) in [6, 6.07) is 9.87. The third-order valence-electron chi connectivity index (χ3n) is 3.49. The Bertz CT molecular complexity index is 839. The molecule has 23 heavy (non-hydrogen) atoms. The van der Waals surface area contributed by atoms with Gasteiger partial charge in [0.05, 0.1) is 4.91 Å². The fourth-order valence-corrected chi connectivity index (χ4v) is 3.87. The largest absolute Gasteiger partial charge is 0.457 e. The van der Waals surface area contributed by atoms with Crippen molar-refractivity contribution in [3.63, 3.8) is 0 Å². The third kappa shape index (κ3) is 3.14. The zero-order valence-electron chi connectivity index (χ0n) is 13.0. The highest BCUT2D eigenvalue weighted by Gasteiger charge is 2.30. The lowest BCUT2D eigenvalue weighted by atomic mass is 10.1. The van der Waals surface area contributed by atoms with Crippen molar-refractivity contribution in [1.82, 2.24) is 4.90 Å². The van der Waals surface area contributed by atoms with E-state index < -0.39 is 0 Å². The molecule has 118 valence electrons. The molecule has 1 aromatic carbocycles. The number of benzene rings is 1. The number of furan rings is 1. The first-order valence-electron chi connectivity index (χ1n) is 7.00. The van der Waals surface area contributed by atoms with Crippen LogP contribution in [-0.2, 0) is 4.79 Å². The van der Waals surface area contributed by atoms with Crippen LogP contribution in [0.2, 0.25) is 0 Å². The normalized spacial score (nSPS) is 18.4. The molecule has 1 saturated heterocycles. The van der Waals surface area contributed by atoms with Crippen LogP contribution < -0.4 is 0 Å². The molecule has 2 aromatic rings. The second-order valence-electron chi connectivity index (χ2n) is 5.17. The Labute approximate surface area is 147 Å². The van der Waals surface area contributed by atoms with Crippen molar-refractivity contribution in [2.75, 3.05) is 14.1 Å². The quantitative estimate of drug-likeness (QED) is 0.706. The number of aliphatic imine (C=N–C) groups is 1. The van der Waals surface area contributed by atoms with E-state index in [2.05, 4.69) is 20.9 Å². The maximum absolute atomic E-state index is 12.2. The van der Waals surface area contributed by atoms with Gasteiger partial charge in [0.15, 0.2) is 5.17 Å². The second kappa shape index (κ2) is 6.37. The predicted molar refractivity (Wildman–Crippen MR) is 98.3 cm³/mol. The van der Waals surface area contributed by atoms with Crippen LogP contribution in [0.15, 0.2) is 49.1 Å². The molecule has 0 bridgehead atoms. The summed E-state index contributed by atoms with van der Waals surface area (Å²) in [5.74, 6) is 1.34. The maximum atomic E-state index is 12.2. The first-order chi connectivity index (χ1) is 11.0. The number of amidine groups is 1. The number of amides is 1. The van der Waals surface area contributed by atoms with Gasteiger partial charge in [-0.25, -0.2) is 0 Å². The van der Waals surface area contributed by atoms with E-state index in [-0.39, 0.29) is 5.91 Å². The van der Waals surface area contributed by atoms with Gasteiger partial charge in [0, 0.05) is 30.2 Å². The Balaban J connectivity index is 1.91. The van der Waals surface area contributed by atoms with Crippen LogP contribution in [-0.4, -0.2) is 30.1 Å². The molecule has 6 heteroatoms. The van der Waals surface area contributed by atoms with Gasteiger partial charge in [0.25, 0.3) is 5.91 Å². The molecule has 1 aliphatic heterocycles. The number of hydrogen-bond acceptors (Lipinski definition) is 4. The number of thioether (sulfide) groups is 1. The fourth-order valence-electron chi connectivity index (χ4n) is 2.27. The summed E-state index contributed by atoms with van der Waals surface area (Å²) in [6.45, 7) is 2.04. The van der Waals surface area contributed by atoms with Crippen LogP contribution in [0, 0.1) is 6.92 Å². The molecule has 2 heterocycles. The lowest BCUT2D eigenvalue weighted by molar-refractivity contribution is -0.121. The predicted octanol–water partition coefficient (Wildman–Crippen LogP) is 4.55. The lowest BCUT2D eigenvalue weighted by Crippen LogP contribution is -2.23. The van der Waals surface area contributed by atoms with Gasteiger partial charge in [-0.3, -0.25) is 14.7 Å². The Morgan fingerprint density at radius 1 is 1.30 bits per heavy atom. The van der Waals surface area contributed by atoms with Crippen molar-refractivity contribution in [2.24, 2.45) is 4.99 Å². The molecular weight excluding hydrogens is 376 g/mol. The molecule has 1 aromatic heterocycles. The summed E-state index contributed by atoms with van der Waals surface area (Å²) in [5.41, 5.74) is 2.16. The molecule has 1 amide bonds. The number of halogens is 1. The molecule has 3 rings (SSSR count). The highest BCUT2D eigenvalue weighted by atomic mass is 79.9. The zero-order chi connectivity index (χ0) is 16.6. The Morgan fingerprint density at radius 2 is 2.09 bits per heavy atom. The second-order valence-corrected chi connectivity index (χ2v) is 7.03. The number of aryl methyl sites for hydroxylation is 1. The summed E-state index contributed by atoms with van der Waals surface area (Å²) >= 11 is 4.91. The SMILES string of the molecule is CN=C1S/C(=C\c2ccc(-c3ccc(C)cc3Br)o2)C(=O)N1C. The van der Waals surface area contributed by atoms with Crippen molar-refractivity contribution in [3.8, 4) is 11.3 Å². The van der Waals surface area contributed by atoms with Gasteiger partial charge in [-0.15, -0.1) is 0 Å². The van der Waals surface area contributed by atoms with Gasteiger partial charge in [-0.05, 0) is 48.5 Å². The topological polar surface area (TPSA) is 45.8 Å². The molecule has 0 radical (unpaired) electrons. The summed E-state index contributed by atoms with van der Waals surface area (Å²) in [6.07, 6.45) is 1.76. The minimum atomic E-state index is -0.0648. The Hall–Kier alpha value is -1.79. The van der Waals surface area contributed by atoms with E-state index in [0.29, 0.717) is 15.8 Å². The summed E-state index contributed by atoms with van der Waals surface area (Å²) < 4.78 is 6.86. The fraction of sp³-hybridized carbons (Fsp3) is 0.176. The van der Waals surface area contributed by atoms with E-state index in [1.165, 1.54) is 22.2 Å². The third-order valence-corrected chi connectivity index (χ3v) is 5.29. The maximum Gasteiger partial charge on any atom is 0.266 e. The van der Waals surface area contributed by atoms with Crippen LogP contribution >= 0.6 is 27.7 Å². The number of likely N-dealkylation sites (N-methyl/N-ethyl adjacent to an activating group) is 1. The van der Waals surface area contributed by atoms with E-state index in [1.54, 1.807) is 20.2 Å². The van der Waals surface area contributed by atoms with Gasteiger partial charge in [0.2, 0.25) is 0 Å². The Morgan fingerprint density at radius 3 is 2.74 bits per heavy atom. The van der Waals surface area contributed by atoms with E-state index in [9.17, 15) is 4.79 Å². The standard InChI is InChI=1S/C17H15BrN2O2S/c1-10-4-6-12(13(18)8-10)14-7-5-11(22-14)9-15-16(21)20(3)17(19-2)23-15/h4-9H,1-3H3/b15-9-,19-17?. The van der Waals surface area contributed by atoms with Crippen molar-refractivity contribution in [1.29, 1.82) is 0 Å². The molecule has 0 N–H and O–H groups in total. The monoisotopic (exact) mass is 390 g/mol. The van der Waals surface area contributed by atoms with E-state index in [0.717, 1.165) is 15.8 Å². The Kier molecular flexibility index (Phi) is 4.46. The molecule has 1 aliphatic rings. The van der Waals surface area contributed by atoms with E-state index in [4.69, 9.17) is 4.42 Å². The van der Waals surface area contributed by atoms with E-state index in [1.807, 2.05) is 37.3 Å². The molecule has 0 unspecified atom stereocenters. The number of rotatable bonds is 2. The van der Waals surface area contributed by atoms with Gasteiger partial charge >= 0.3 is 0 Å². The minimum Gasteiger partial charge on any atom is -0.457 e. The molecule has 4 nitrogen and oxygen atoms in total. The smallest absolute Gasteiger partial charge is 0.266 e. The van der Waals surface area contributed by atoms with Crippen LogP contribution in [0.4, 0.5) is 0 Å². The molecule has 1 fully saturated rings. The van der Waals surface area contributed by atoms with Crippen molar-refractivity contribution >= 4 is 44.8 Å². The average Bonchev–Trinajstić information content (AvgIpc) is 3.07. The van der Waals surface area contributed by atoms with Crippen molar-refractivity contribution < 1.29 is 9.21 Å². The first kappa shape index (κ1) is 16.1. The van der Waals surface area contributed by atoms with Gasteiger partial charge < -0.3 is 4.42 Å². The number of carbonyl (C=O) groups excluding carboxylic acids is 1. The summed E-state index contributed by atoms with van der Waals surface area (Å²) in [7, 11) is 3.39. The molecule has 0 saturated carbocycles. The number of carbonyl (C=O) groups is 1. The first-order valence-corrected chi connectivity index (χ1v) is 8.61. The highest BCUT2D eigenvalue weighted by Crippen LogP contribution is 2.34. The van der Waals surface area contributed by atoms with Gasteiger partial charge in [0.1, 0.15) is 11.5 Å². The van der Waals surface area contributed by atoms with Crippen molar-refractivity contribution in [3.05, 3.63) is 51.0 Å². The number of hydrogen-bond donors (Lipinski definition) is 0. The summed E-state index contributed by atoms with van der Waals surface area (Å²) in [4.78, 5) is 18.4. The van der Waals surface area contributed by atoms with Crippen LogP contribution in [0.1, 0.15) is 11.3 Å². The van der Waals surface area contributed by atoms with Crippen LogP contribution in [0.3, 0.4) is 0 Å². The minimum absolute atomic E-state index is 0.0648. The summed E-state index contributed by atoms with van der Waals surface area (Å²) in [5, 5.41) is 0.689. The average molecular weight is 391 g/mol. The number of nitrogens with zero attached hydrogens (tertiary/aromatic N) is 2. The van der Waals surface area contributed by atoms with Gasteiger partial charge in [-0.2, -0.15) is 0 Å². The molecule has 0 atom stereocenters. The molecular formula is C17H15BrN2O2S. The van der Waals surface area contributed by atoms with Gasteiger partial charge in [-0.1, -0.05) is 22.0 Å². The van der Waals surface area contributed by atoms with Crippen molar-refractivity contribution in [2.45, 2.75) is 6.92 Å². The lowest BCUT2D eigenvalue weighted by Gasteiger charge is -2.04.